The minimum Gasteiger partial charge on any atom is -0.127 e. The van der Waals surface area contributed by atoms with Crippen LogP contribution in [0.2, 0.25) is 0 Å². The second-order valence-electron chi connectivity index (χ2n) is 3.16. The van der Waals surface area contributed by atoms with Gasteiger partial charge in [-0.25, -0.2) is 0 Å². The first-order chi connectivity index (χ1) is 5.41. The van der Waals surface area contributed by atoms with Crippen LogP contribution in [0.1, 0.15) is 58.3 Å². The summed E-state index contributed by atoms with van der Waals surface area (Å²) in [5.74, 6) is 0.842. The molecule has 0 nitrogen and oxygen atoms in total. The van der Waals surface area contributed by atoms with Crippen LogP contribution in [0.15, 0.2) is 0 Å². The quantitative estimate of drug-likeness (QED) is 0.381. The lowest BCUT2D eigenvalue weighted by Gasteiger charge is -1.98. The Morgan fingerprint density at radius 1 is 0.727 bits per heavy atom. The van der Waals surface area contributed by atoms with Crippen LogP contribution < -0.4 is 0 Å². The van der Waals surface area contributed by atoms with Crippen LogP contribution in [0, 0.1) is 0 Å². The summed E-state index contributed by atoms with van der Waals surface area (Å²) in [5, 5.41) is 0. The first-order valence-electron chi connectivity index (χ1n) is 4.97. The molecule has 0 atom stereocenters. The van der Waals surface area contributed by atoms with Crippen molar-refractivity contribution in [2.45, 2.75) is 58.3 Å². The van der Waals surface area contributed by atoms with E-state index in [-0.39, 0.29) is 0 Å². The summed E-state index contributed by atoms with van der Waals surface area (Å²) >= 11 is 5.56. The van der Waals surface area contributed by atoms with Gasteiger partial charge in [-0.3, -0.25) is 0 Å². The lowest BCUT2D eigenvalue weighted by atomic mass is 10.1. The Bertz CT molecular complexity index is 53.9. The van der Waals surface area contributed by atoms with Gasteiger partial charge in [0.1, 0.15) is 0 Å². The number of hydrogen-bond donors (Lipinski definition) is 0. The summed E-state index contributed by atoms with van der Waals surface area (Å²) in [4.78, 5) is 0. The van der Waals surface area contributed by atoms with Crippen LogP contribution in [-0.2, 0) is 0 Å². The summed E-state index contributed by atoms with van der Waals surface area (Å²) in [7, 11) is 0. The van der Waals surface area contributed by atoms with Crippen LogP contribution in [0.5, 0.6) is 0 Å². The molecular formula is C10H21Cl. The Hall–Kier alpha value is 0.290. The number of unbranched alkanes of at least 4 members (excludes halogenated alkanes) is 7. The second-order valence-corrected chi connectivity index (χ2v) is 3.54. The van der Waals surface area contributed by atoms with E-state index in [1.807, 2.05) is 0 Å². The van der Waals surface area contributed by atoms with E-state index in [4.69, 9.17) is 11.6 Å². The lowest BCUT2D eigenvalue weighted by Crippen LogP contribution is -1.80. The average Bonchev–Trinajstić information content (AvgIpc) is 2.03. The molecule has 0 rings (SSSR count). The molecule has 0 saturated carbocycles. The number of halogens is 1. The topological polar surface area (TPSA) is 0 Å². The molecule has 0 aliphatic carbocycles. The second kappa shape index (κ2) is 10.3. The lowest BCUT2D eigenvalue weighted by molar-refractivity contribution is 0.586. The highest BCUT2D eigenvalue weighted by atomic mass is 35.5. The van der Waals surface area contributed by atoms with Gasteiger partial charge in [0, 0.05) is 5.88 Å². The van der Waals surface area contributed by atoms with E-state index in [1.54, 1.807) is 0 Å². The van der Waals surface area contributed by atoms with Gasteiger partial charge in [0.2, 0.25) is 0 Å². The normalized spacial score (nSPS) is 10.4. The predicted octanol–water partition coefficient (Wildman–Crippen LogP) is 4.37. The van der Waals surface area contributed by atoms with E-state index < -0.39 is 0 Å². The Kier molecular flexibility index (Phi) is 10.6. The summed E-state index contributed by atoms with van der Waals surface area (Å²) in [6, 6.07) is 0. The zero-order valence-corrected chi connectivity index (χ0v) is 8.50. The molecule has 0 bridgehead atoms. The van der Waals surface area contributed by atoms with Crippen molar-refractivity contribution in [1.29, 1.82) is 0 Å². The number of alkyl halides is 1. The maximum atomic E-state index is 5.56. The van der Waals surface area contributed by atoms with Gasteiger partial charge in [-0.1, -0.05) is 51.9 Å². The molecule has 0 unspecified atom stereocenters. The van der Waals surface area contributed by atoms with Gasteiger partial charge in [-0.15, -0.1) is 11.6 Å². The van der Waals surface area contributed by atoms with Crippen molar-refractivity contribution in [2.75, 3.05) is 5.88 Å². The Morgan fingerprint density at radius 3 is 1.64 bits per heavy atom. The van der Waals surface area contributed by atoms with E-state index in [0.717, 1.165) is 5.88 Å². The fraction of sp³-hybridized carbons (Fsp3) is 1.00. The third kappa shape index (κ3) is 10.3. The van der Waals surface area contributed by atoms with Crippen LogP contribution in [0.3, 0.4) is 0 Å². The first kappa shape index (κ1) is 11.3. The molecule has 68 valence electrons. The first-order valence-corrected chi connectivity index (χ1v) is 5.51. The molecule has 1 heteroatoms. The maximum absolute atomic E-state index is 5.56. The molecule has 0 fully saturated rings. The molecule has 0 aliphatic rings. The highest BCUT2D eigenvalue weighted by Gasteiger charge is 1.89. The molecule has 0 heterocycles. The fourth-order valence-corrected chi connectivity index (χ4v) is 1.42. The van der Waals surface area contributed by atoms with Gasteiger partial charge in [0.15, 0.2) is 0 Å². The average molecular weight is 177 g/mol. The molecule has 0 aromatic rings. The van der Waals surface area contributed by atoms with Gasteiger partial charge in [-0.05, 0) is 6.42 Å². The maximum Gasteiger partial charge on any atom is 0.0223 e. The summed E-state index contributed by atoms with van der Waals surface area (Å²) in [6.07, 6.45) is 10.9. The Morgan fingerprint density at radius 2 is 1.18 bits per heavy atom. The smallest absolute Gasteiger partial charge is 0.0223 e. The van der Waals surface area contributed by atoms with Crippen LogP contribution in [0.4, 0.5) is 0 Å². The summed E-state index contributed by atoms with van der Waals surface area (Å²) in [6.45, 7) is 2.26. The molecular weight excluding hydrogens is 156 g/mol. The molecule has 0 spiro atoms. The number of hydrogen-bond acceptors (Lipinski definition) is 0. The van der Waals surface area contributed by atoms with Crippen molar-refractivity contribution >= 4 is 11.6 Å². The van der Waals surface area contributed by atoms with Crippen molar-refractivity contribution in [3.8, 4) is 0 Å². The fourth-order valence-electron chi connectivity index (χ4n) is 1.23. The van der Waals surface area contributed by atoms with Crippen LogP contribution in [-0.4, -0.2) is 5.88 Å². The van der Waals surface area contributed by atoms with Gasteiger partial charge < -0.3 is 0 Å². The van der Waals surface area contributed by atoms with Crippen LogP contribution >= 0.6 is 11.6 Å². The Labute approximate surface area is 76.3 Å². The minimum atomic E-state index is 0.842. The molecule has 0 amide bonds. The molecule has 0 radical (unpaired) electrons. The van der Waals surface area contributed by atoms with E-state index in [0.29, 0.717) is 0 Å². The molecule has 0 aromatic carbocycles. The van der Waals surface area contributed by atoms with Crippen molar-refractivity contribution in [3.05, 3.63) is 0 Å². The van der Waals surface area contributed by atoms with E-state index >= 15 is 0 Å². The highest BCUT2D eigenvalue weighted by Crippen LogP contribution is 2.08. The van der Waals surface area contributed by atoms with E-state index in [9.17, 15) is 0 Å². The molecule has 0 aromatic heterocycles. The molecule has 11 heavy (non-hydrogen) atoms. The van der Waals surface area contributed by atoms with Gasteiger partial charge in [-0.2, -0.15) is 0 Å². The third-order valence-corrected chi connectivity index (χ3v) is 2.25. The van der Waals surface area contributed by atoms with Crippen molar-refractivity contribution in [2.24, 2.45) is 0 Å². The van der Waals surface area contributed by atoms with Crippen molar-refractivity contribution in [1.82, 2.24) is 0 Å². The minimum absolute atomic E-state index is 0.842. The summed E-state index contributed by atoms with van der Waals surface area (Å²) < 4.78 is 0. The largest absolute Gasteiger partial charge is 0.127 e. The standard InChI is InChI=1S/C10H21Cl/c1-2-3-4-5-6-7-8-9-10-11/h2-10H2,1H3. The van der Waals surface area contributed by atoms with Crippen LogP contribution in [0.25, 0.3) is 0 Å². The SMILES string of the molecule is CCCCCCCCCCCl. The van der Waals surface area contributed by atoms with Gasteiger partial charge >= 0.3 is 0 Å². The zero-order chi connectivity index (χ0) is 8.36. The van der Waals surface area contributed by atoms with Crippen molar-refractivity contribution < 1.29 is 0 Å². The van der Waals surface area contributed by atoms with Gasteiger partial charge in [0.05, 0.1) is 0 Å². The monoisotopic (exact) mass is 176 g/mol. The zero-order valence-electron chi connectivity index (χ0n) is 7.74. The molecule has 0 saturated heterocycles. The highest BCUT2D eigenvalue weighted by molar-refractivity contribution is 6.17. The molecule has 0 aliphatic heterocycles. The van der Waals surface area contributed by atoms with Gasteiger partial charge in [0.25, 0.3) is 0 Å². The van der Waals surface area contributed by atoms with E-state index in [2.05, 4.69) is 6.92 Å². The van der Waals surface area contributed by atoms with Crippen molar-refractivity contribution in [3.63, 3.8) is 0 Å². The summed E-state index contributed by atoms with van der Waals surface area (Å²) in [5.41, 5.74) is 0. The predicted molar refractivity (Wildman–Crippen MR) is 53.3 cm³/mol. The van der Waals surface area contributed by atoms with E-state index in [1.165, 1.54) is 51.4 Å². The molecule has 0 N–H and O–H groups in total. The third-order valence-electron chi connectivity index (χ3n) is 1.99. The number of rotatable bonds is 8. The Balaban J connectivity index is 2.69.